The molecule has 0 saturated carbocycles. The predicted octanol–water partition coefficient (Wildman–Crippen LogP) is 2.95. The molecule has 20 heavy (non-hydrogen) atoms. The molecule has 0 aromatic carbocycles. The van der Waals surface area contributed by atoms with Gasteiger partial charge in [-0.05, 0) is 43.0 Å². The maximum Gasteiger partial charge on any atom is 0.341 e. The third kappa shape index (κ3) is 4.96. The number of rotatable bonds is 6. The van der Waals surface area contributed by atoms with E-state index in [0.29, 0.717) is 6.42 Å². The van der Waals surface area contributed by atoms with E-state index < -0.39 is 5.97 Å². The lowest BCUT2D eigenvalue weighted by Gasteiger charge is -2.08. The predicted molar refractivity (Wildman–Crippen MR) is 78.0 cm³/mol. The number of aromatic nitrogens is 1. The van der Waals surface area contributed by atoms with Crippen molar-refractivity contribution in [3.8, 4) is 0 Å². The Morgan fingerprint density at radius 2 is 2.05 bits per heavy atom. The third-order valence-corrected chi connectivity index (χ3v) is 2.60. The van der Waals surface area contributed by atoms with Crippen molar-refractivity contribution >= 4 is 17.8 Å². The van der Waals surface area contributed by atoms with Gasteiger partial charge in [0, 0.05) is 18.8 Å². The Bertz CT molecular complexity index is 518. The molecule has 1 aromatic heterocycles. The molecule has 0 amide bonds. The van der Waals surface area contributed by atoms with Crippen LogP contribution in [0.1, 0.15) is 38.3 Å². The number of esters is 1. The largest absolute Gasteiger partial charge is 0.462 e. The average Bonchev–Trinajstić information content (AvgIpc) is 2.35. The highest BCUT2D eigenvalue weighted by molar-refractivity contribution is 6.20. The zero-order valence-electron chi connectivity index (χ0n) is 12.5. The minimum atomic E-state index is -0.570. The van der Waals surface area contributed by atoms with E-state index in [1.165, 1.54) is 0 Å². The lowest BCUT2D eigenvalue weighted by Crippen LogP contribution is -2.17. The quantitative estimate of drug-likeness (QED) is 0.346. The first-order valence-electron chi connectivity index (χ1n) is 6.77. The molecule has 0 aliphatic rings. The highest BCUT2D eigenvalue weighted by Gasteiger charge is 2.20. The molecule has 0 aliphatic heterocycles. The fourth-order valence-corrected chi connectivity index (χ4v) is 1.77. The topological polar surface area (TPSA) is 56.3 Å². The van der Waals surface area contributed by atoms with E-state index >= 15 is 0 Å². The number of ether oxygens (including phenoxy) is 1. The standard InChI is InChI=1S/C16H21NO3/c1-5-20-16(19)14(15(18)6-11(2)3)8-13-7-12(4)9-17-10-13/h7-11H,5-6H2,1-4H3. The highest BCUT2D eigenvalue weighted by atomic mass is 16.5. The van der Waals surface area contributed by atoms with Crippen LogP contribution in [0.25, 0.3) is 6.08 Å². The van der Waals surface area contributed by atoms with Gasteiger partial charge in [0.2, 0.25) is 0 Å². The summed E-state index contributed by atoms with van der Waals surface area (Å²) < 4.78 is 4.96. The molecule has 4 heteroatoms. The van der Waals surface area contributed by atoms with E-state index in [1.807, 2.05) is 26.8 Å². The van der Waals surface area contributed by atoms with Gasteiger partial charge in [0.25, 0.3) is 0 Å². The molecule has 1 heterocycles. The van der Waals surface area contributed by atoms with Crippen LogP contribution >= 0.6 is 0 Å². The zero-order chi connectivity index (χ0) is 15.1. The van der Waals surface area contributed by atoms with Crippen molar-refractivity contribution in [3.05, 3.63) is 35.2 Å². The number of nitrogens with zero attached hydrogens (tertiary/aromatic N) is 1. The summed E-state index contributed by atoms with van der Waals surface area (Å²) in [5.41, 5.74) is 1.79. The van der Waals surface area contributed by atoms with Gasteiger partial charge in [0.05, 0.1) is 6.61 Å². The lowest BCUT2D eigenvalue weighted by molar-refractivity contribution is -0.139. The number of carbonyl (C=O) groups excluding carboxylic acids is 2. The Hall–Kier alpha value is -1.97. The Labute approximate surface area is 119 Å². The van der Waals surface area contributed by atoms with Gasteiger partial charge in [0.15, 0.2) is 5.78 Å². The van der Waals surface area contributed by atoms with Gasteiger partial charge in [0.1, 0.15) is 5.57 Å². The molecule has 0 unspecified atom stereocenters. The summed E-state index contributed by atoms with van der Waals surface area (Å²) >= 11 is 0. The Morgan fingerprint density at radius 3 is 2.60 bits per heavy atom. The van der Waals surface area contributed by atoms with Gasteiger partial charge in [-0.15, -0.1) is 0 Å². The van der Waals surface area contributed by atoms with Gasteiger partial charge in [-0.3, -0.25) is 9.78 Å². The van der Waals surface area contributed by atoms with E-state index in [4.69, 9.17) is 4.74 Å². The molecule has 0 bridgehead atoms. The van der Waals surface area contributed by atoms with Crippen LogP contribution in [-0.4, -0.2) is 23.3 Å². The Balaban J connectivity index is 3.09. The number of Topliss-reactive ketones (excluding diaryl/α,β-unsaturated/α-hetero) is 1. The molecule has 0 fully saturated rings. The normalized spacial score (nSPS) is 11.6. The number of hydrogen-bond donors (Lipinski definition) is 0. The minimum absolute atomic E-state index is 0.0907. The maximum absolute atomic E-state index is 12.2. The molecular weight excluding hydrogens is 254 g/mol. The van der Waals surface area contributed by atoms with Crippen molar-refractivity contribution in [2.45, 2.75) is 34.1 Å². The second-order valence-corrected chi connectivity index (χ2v) is 5.10. The van der Waals surface area contributed by atoms with Gasteiger partial charge in [-0.25, -0.2) is 4.79 Å². The molecule has 4 nitrogen and oxygen atoms in total. The summed E-state index contributed by atoms with van der Waals surface area (Å²) in [6, 6.07) is 1.87. The number of carbonyl (C=O) groups is 2. The number of pyridine rings is 1. The van der Waals surface area contributed by atoms with E-state index in [-0.39, 0.29) is 23.9 Å². The molecule has 0 aliphatic carbocycles. The molecular formula is C16H21NO3. The van der Waals surface area contributed by atoms with E-state index in [9.17, 15) is 9.59 Å². The molecule has 0 spiro atoms. The van der Waals surface area contributed by atoms with Crippen molar-refractivity contribution in [2.24, 2.45) is 5.92 Å². The van der Waals surface area contributed by atoms with Crippen molar-refractivity contribution in [1.82, 2.24) is 4.98 Å². The van der Waals surface area contributed by atoms with Crippen LogP contribution in [0, 0.1) is 12.8 Å². The van der Waals surface area contributed by atoms with E-state index in [1.54, 1.807) is 25.4 Å². The summed E-state index contributed by atoms with van der Waals surface area (Å²) in [6.45, 7) is 7.75. The first-order chi connectivity index (χ1) is 9.43. The fourth-order valence-electron chi connectivity index (χ4n) is 1.77. The van der Waals surface area contributed by atoms with Crippen LogP contribution in [-0.2, 0) is 14.3 Å². The van der Waals surface area contributed by atoms with Crippen molar-refractivity contribution in [2.75, 3.05) is 6.61 Å². The third-order valence-electron chi connectivity index (χ3n) is 2.60. The smallest absolute Gasteiger partial charge is 0.341 e. The molecule has 0 N–H and O–H groups in total. The maximum atomic E-state index is 12.2. The molecule has 0 radical (unpaired) electrons. The minimum Gasteiger partial charge on any atom is -0.462 e. The summed E-state index contributed by atoms with van der Waals surface area (Å²) in [7, 11) is 0. The Kier molecular flexibility index (Phi) is 6.10. The van der Waals surface area contributed by atoms with E-state index in [2.05, 4.69) is 4.98 Å². The second-order valence-electron chi connectivity index (χ2n) is 5.10. The zero-order valence-corrected chi connectivity index (χ0v) is 12.5. The Morgan fingerprint density at radius 1 is 1.35 bits per heavy atom. The average molecular weight is 275 g/mol. The summed E-state index contributed by atoms with van der Waals surface area (Å²) in [6.07, 6.45) is 5.22. The number of aryl methyl sites for hydroxylation is 1. The van der Waals surface area contributed by atoms with Crippen LogP contribution in [0.3, 0.4) is 0 Å². The number of hydrogen-bond acceptors (Lipinski definition) is 4. The van der Waals surface area contributed by atoms with Crippen LogP contribution in [0.2, 0.25) is 0 Å². The summed E-state index contributed by atoms with van der Waals surface area (Å²) in [5.74, 6) is -0.574. The fraction of sp³-hybridized carbons (Fsp3) is 0.438. The summed E-state index contributed by atoms with van der Waals surface area (Å²) in [4.78, 5) is 28.1. The molecule has 108 valence electrons. The molecule has 0 saturated heterocycles. The van der Waals surface area contributed by atoms with Crippen molar-refractivity contribution in [3.63, 3.8) is 0 Å². The van der Waals surface area contributed by atoms with Crippen molar-refractivity contribution in [1.29, 1.82) is 0 Å². The van der Waals surface area contributed by atoms with Crippen LogP contribution in [0.4, 0.5) is 0 Å². The highest BCUT2D eigenvalue weighted by Crippen LogP contribution is 2.14. The molecule has 1 rings (SSSR count). The van der Waals surface area contributed by atoms with Crippen LogP contribution < -0.4 is 0 Å². The van der Waals surface area contributed by atoms with Crippen LogP contribution in [0.5, 0.6) is 0 Å². The number of ketones is 1. The van der Waals surface area contributed by atoms with E-state index in [0.717, 1.165) is 11.1 Å². The van der Waals surface area contributed by atoms with Gasteiger partial charge >= 0.3 is 5.97 Å². The van der Waals surface area contributed by atoms with Crippen molar-refractivity contribution < 1.29 is 14.3 Å². The van der Waals surface area contributed by atoms with Gasteiger partial charge < -0.3 is 4.74 Å². The first-order valence-corrected chi connectivity index (χ1v) is 6.77. The van der Waals surface area contributed by atoms with Crippen LogP contribution in [0.15, 0.2) is 24.0 Å². The second kappa shape index (κ2) is 7.58. The SMILES string of the molecule is CCOC(=O)C(=Cc1cncc(C)c1)C(=O)CC(C)C. The van der Waals surface area contributed by atoms with Gasteiger partial charge in [-0.2, -0.15) is 0 Å². The monoisotopic (exact) mass is 275 g/mol. The van der Waals surface area contributed by atoms with Gasteiger partial charge in [-0.1, -0.05) is 13.8 Å². The first kappa shape index (κ1) is 16.1. The summed E-state index contributed by atoms with van der Waals surface area (Å²) in [5, 5.41) is 0. The molecule has 0 atom stereocenters. The lowest BCUT2D eigenvalue weighted by atomic mass is 9.99. The molecule has 1 aromatic rings.